The van der Waals surface area contributed by atoms with E-state index >= 15 is 0 Å². The number of guanidine groups is 1. The van der Waals surface area contributed by atoms with Crippen molar-refractivity contribution in [3.8, 4) is 0 Å². The molecule has 2 heterocycles. The molecule has 2 aliphatic heterocycles. The van der Waals surface area contributed by atoms with Crippen LogP contribution in [0.15, 0.2) is 4.99 Å². The highest BCUT2D eigenvalue weighted by Gasteiger charge is 2.21. The van der Waals surface area contributed by atoms with Crippen LogP contribution in [0.4, 0.5) is 0 Å². The van der Waals surface area contributed by atoms with Crippen LogP contribution in [-0.4, -0.2) is 75.3 Å². The van der Waals surface area contributed by atoms with E-state index in [1.54, 1.807) is 0 Å². The van der Waals surface area contributed by atoms with Gasteiger partial charge in [-0.1, -0.05) is 6.92 Å². The summed E-state index contributed by atoms with van der Waals surface area (Å²) in [5.74, 6) is 2.42. The zero-order valence-electron chi connectivity index (χ0n) is 15.1. The van der Waals surface area contributed by atoms with E-state index in [4.69, 9.17) is 9.73 Å². The molecule has 5 nitrogen and oxygen atoms in total. The van der Waals surface area contributed by atoms with Crippen molar-refractivity contribution in [3.05, 3.63) is 0 Å². The van der Waals surface area contributed by atoms with E-state index in [9.17, 15) is 0 Å². The lowest BCUT2D eigenvalue weighted by atomic mass is 9.98. The lowest BCUT2D eigenvalue weighted by Crippen LogP contribution is -2.42. The second kappa shape index (κ2) is 11.5. The van der Waals surface area contributed by atoms with Crippen LogP contribution in [0.5, 0.6) is 0 Å². The maximum absolute atomic E-state index is 5.48. The quantitative estimate of drug-likeness (QED) is 0.393. The van der Waals surface area contributed by atoms with Gasteiger partial charge in [0.25, 0.3) is 0 Å². The van der Waals surface area contributed by atoms with Gasteiger partial charge in [-0.3, -0.25) is 4.99 Å². The van der Waals surface area contributed by atoms with E-state index < -0.39 is 0 Å². The molecule has 2 aliphatic rings. The summed E-state index contributed by atoms with van der Waals surface area (Å²) in [6.07, 6.45) is 3.82. The summed E-state index contributed by atoms with van der Waals surface area (Å²) < 4.78 is 5.48. The molecule has 23 heavy (non-hydrogen) atoms. The third-order valence-corrected chi connectivity index (χ3v) is 4.80. The summed E-state index contributed by atoms with van der Waals surface area (Å²) in [7, 11) is 2.15. The van der Waals surface area contributed by atoms with Crippen LogP contribution in [0.25, 0.3) is 0 Å². The van der Waals surface area contributed by atoms with Gasteiger partial charge in [0.15, 0.2) is 5.96 Å². The number of aliphatic imine (C=N–C) groups is 1. The SMILES string of the molecule is CCNC(=NCC1CCCN(CC)C1)N(C)CC1CCOC1.I. The molecule has 0 bridgehead atoms. The van der Waals surface area contributed by atoms with Crippen molar-refractivity contribution in [2.75, 3.05) is 59.5 Å². The van der Waals surface area contributed by atoms with E-state index in [1.807, 2.05) is 0 Å². The molecule has 6 heteroatoms. The molecule has 0 aromatic rings. The first-order chi connectivity index (χ1) is 10.7. The summed E-state index contributed by atoms with van der Waals surface area (Å²) in [5, 5.41) is 3.44. The van der Waals surface area contributed by atoms with E-state index in [0.29, 0.717) is 11.8 Å². The Morgan fingerprint density at radius 2 is 2.13 bits per heavy atom. The highest BCUT2D eigenvalue weighted by atomic mass is 127. The van der Waals surface area contributed by atoms with Crippen LogP contribution in [0, 0.1) is 11.8 Å². The first kappa shape index (κ1) is 21.0. The minimum absolute atomic E-state index is 0. The van der Waals surface area contributed by atoms with Crippen molar-refractivity contribution in [1.82, 2.24) is 15.1 Å². The Hall–Kier alpha value is -0.0800. The van der Waals surface area contributed by atoms with E-state index in [0.717, 1.165) is 38.8 Å². The number of nitrogens with zero attached hydrogens (tertiary/aromatic N) is 3. The standard InChI is InChI=1S/C17H34N4O.HI/c1-4-18-17(20(3)12-16-8-10-22-14-16)19-11-15-7-6-9-21(5-2)13-15;/h15-16H,4-14H2,1-3H3,(H,18,19);1H. The molecule has 136 valence electrons. The zero-order chi connectivity index (χ0) is 15.8. The van der Waals surface area contributed by atoms with Crippen molar-refractivity contribution in [2.45, 2.75) is 33.1 Å². The van der Waals surface area contributed by atoms with Crippen molar-refractivity contribution >= 4 is 29.9 Å². The number of ether oxygens (including phenoxy) is 1. The molecule has 0 spiro atoms. The molecule has 0 saturated carbocycles. The van der Waals surface area contributed by atoms with Gasteiger partial charge in [-0.2, -0.15) is 0 Å². The number of rotatable bonds is 6. The van der Waals surface area contributed by atoms with Crippen LogP contribution in [0.3, 0.4) is 0 Å². The average Bonchev–Trinajstić information content (AvgIpc) is 3.04. The van der Waals surface area contributed by atoms with Crippen molar-refractivity contribution in [1.29, 1.82) is 0 Å². The van der Waals surface area contributed by atoms with Crippen molar-refractivity contribution in [3.63, 3.8) is 0 Å². The lowest BCUT2D eigenvalue weighted by Gasteiger charge is -2.31. The van der Waals surface area contributed by atoms with E-state index in [2.05, 4.69) is 36.0 Å². The molecular formula is C17H35IN4O. The summed E-state index contributed by atoms with van der Waals surface area (Å²) in [5.41, 5.74) is 0. The molecule has 0 aliphatic carbocycles. The van der Waals surface area contributed by atoms with Crippen LogP contribution >= 0.6 is 24.0 Å². The average molecular weight is 438 g/mol. The molecule has 2 atom stereocenters. The van der Waals surface area contributed by atoms with Crippen LogP contribution in [0.1, 0.15) is 33.1 Å². The number of halogens is 1. The molecule has 2 rings (SSSR count). The topological polar surface area (TPSA) is 40.1 Å². The van der Waals surface area contributed by atoms with Gasteiger partial charge < -0.3 is 19.9 Å². The van der Waals surface area contributed by atoms with Gasteiger partial charge in [-0.05, 0) is 45.2 Å². The molecule has 2 unspecified atom stereocenters. The summed E-state index contributed by atoms with van der Waals surface area (Å²) in [6, 6.07) is 0. The lowest BCUT2D eigenvalue weighted by molar-refractivity contribution is 0.180. The normalized spacial score (nSPS) is 26.0. The molecule has 2 fully saturated rings. The van der Waals surface area contributed by atoms with E-state index in [1.165, 1.54) is 38.9 Å². The number of piperidine rings is 1. The molecular weight excluding hydrogens is 403 g/mol. The fourth-order valence-electron chi connectivity index (χ4n) is 3.47. The molecule has 0 aromatic carbocycles. The fraction of sp³-hybridized carbons (Fsp3) is 0.941. The van der Waals surface area contributed by atoms with Gasteiger partial charge in [0, 0.05) is 45.8 Å². The zero-order valence-corrected chi connectivity index (χ0v) is 17.4. The molecule has 0 radical (unpaired) electrons. The minimum Gasteiger partial charge on any atom is -0.381 e. The number of nitrogens with one attached hydrogen (secondary N) is 1. The maximum atomic E-state index is 5.48. The monoisotopic (exact) mass is 438 g/mol. The van der Waals surface area contributed by atoms with Gasteiger partial charge in [0.05, 0.1) is 6.61 Å². The second-order valence-corrected chi connectivity index (χ2v) is 6.71. The van der Waals surface area contributed by atoms with E-state index in [-0.39, 0.29) is 24.0 Å². The van der Waals surface area contributed by atoms with Gasteiger partial charge >= 0.3 is 0 Å². The molecule has 0 aromatic heterocycles. The summed E-state index contributed by atoms with van der Waals surface area (Å²) in [4.78, 5) is 9.74. The van der Waals surface area contributed by atoms with Crippen molar-refractivity contribution in [2.24, 2.45) is 16.8 Å². The Morgan fingerprint density at radius 3 is 2.78 bits per heavy atom. The third-order valence-electron chi connectivity index (χ3n) is 4.80. The Kier molecular flexibility index (Phi) is 10.5. The van der Waals surface area contributed by atoms with Gasteiger partial charge in [-0.15, -0.1) is 24.0 Å². The highest BCUT2D eigenvalue weighted by Crippen LogP contribution is 2.17. The molecule has 2 saturated heterocycles. The maximum Gasteiger partial charge on any atom is 0.193 e. The smallest absolute Gasteiger partial charge is 0.193 e. The van der Waals surface area contributed by atoms with Crippen LogP contribution in [-0.2, 0) is 4.74 Å². The highest BCUT2D eigenvalue weighted by molar-refractivity contribution is 14.0. The van der Waals surface area contributed by atoms with Crippen molar-refractivity contribution < 1.29 is 4.74 Å². The predicted octanol–water partition coefficient (Wildman–Crippen LogP) is 2.27. The first-order valence-electron chi connectivity index (χ1n) is 9.02. The number of hydrogen-bond donors (Lipinski definition) is 1. The van der Waals surface area contributed by atoms with Crippen LogP contribution in [0.2, 0.25) is 0 Å². The summed E-state index contributed by atoms with van der Waals surface area (Å²) >= 11 is 0. The van der Waals surface area contributed by atoms with Crippen LogP contribution < -0.4 is 5.32 Å². The minimum atomic E-state index is 0. The predicted molar refractivity (Wildman–Crippen MR) is 108 cm³/mol. The Labute approximate surface area is 159 Å². The van der Waals surface area contributed by atoms with Gasteiger partial charge in [0.2, 0.25) is 0 Å². The van der Waals surface area contributed by atoms with Gasteiger partial charge in [0.1, 0.15) is 0 Å². The molecule has 1 N–H and O–H groups in total. The third kappa shape index (κ3) is 7.13. The Bertz CT molecular complexity index is 347. The fourth-order valence-corrected chi connectivity index (χ4v) is 3.47. The Morgan fingerprint density at radius 1 is 1.30 bits per heavy atom. The Balaban J connectivity index is 0.00000264. The van der Waals surface area contributed by atoms with Gasteiger partial charge in [-0.25, -0.2) is 0 Å². The number of hydrogen-bond acceptors (Lipinski definition) is 3. The first-order valence-corrected chi connectivity index (χ1v) is 9.02. The largest absolute Gasteiger partial charge is 0.381 e. The molecule has 0 amide bonds. The second-order valence-electron chi connectivity index (χ2n) is 6.71. The number of likely N-dealkylation sites (tertiary alicyclic amines) is 1. The summed E-state index contributed by atoms with van der Waals surface area (Å²) in [6.45, 7) is 12.8.